The number of halogens is 3. The van der Waals surface area contributed by atoms with Crippen molar-refractivity contribution in [1.82, 2.24) is 15.5 Å². The summed E-state index contributed by atoms with van der Waals surface area (Å²) in [5, 5.41) is 9.72. The van der Waals surface area contributed by atoms with E-state index in [0.717, 1.165) is 12.6 Å². The van der Waals surface area contributed by atoms with E-state index in [-0.39, 0.29) is 0 Å². The first kappa shape index (κ1) is 12.9. The summed E-state index contributed by atoms with van der Waals surface area (Å²) >= 11 is 0. The largest absolute Gasteiger partial charge is 0.435 e. The molecular formula is C10H14F3N3. The van der Waals surface area contributed by atoms with E-state index in [1.807, 2.05) is 13.8 Å². The molecule has 0 aliphatic rings. The SMILES string of the molecule is CC(C)CNCc1ccc(C(F)(F)F)nn1. The molecule has 3 nitrogen and oxygen atoms in total. The van der Waals surface area contributed by atoms with Crippen LogP contribution in [0.3, 0.4) is 0 Å². The Balaban J connectivity index is 2.52. The van der Waals surface area contributed by atoms with Crippen LogP contribution in [0, 0.1) is 5.92 Å². The maximum atomic E-state index is 12.2. The van der Waals surface area contributed by atoms with Crippen LogP contribution in [-0.2, 0) is 12.7 Å². The molecule has 0 aliphatic heterocycles. The van der Waals surface area contributed by atoms with Gasteiger partial charge in [-0.1, -0.05) is 13.8 Å². The first-order chi connectivity index (χ1) is 7.39. The van der Waals surface area contributed by atoms with Gasteiger partial charge in [-0.3, -0.25) is 0 Å². The van der Waals surface area contributed by atoms with E-state index in [1.165, 1.54) is 6.07 Å². The van der Waals surface area contributed by atoms with Crippen LogP contribution in [0.4, 0.5) is 13.2 Å². The fourth-order valence-corrected chi connectivity index (χ4v) is 1.09. The highest BCUT2D eigenvalue weighted by atomic mass is 19.4. The van der Waals surface area contributed by atoms with Gasteiger partial charge >= 0.3 is 6.18 Å². The molecule has 0 saturated carbocycles. The molecule has 0 amide bonds. The average molecular weight is 233 g/mol. The first-order valence-electron chi connectivity index (χ1n) is 5.00. The minimum Gasteiger partial charge on any atom is -0.311 e. The molecule has 0 radical (unpaired) electrons. The lowest BCUT2D eigenvalue weighted by Crippen LogP contribution is -2.20. The van der Waals surface area contributed by atoms with Gasteiger partial charge in [-0.2, -0.15) is 18.3 Å². The van der Waals surface area contributed by atoms with E-state index < -0.39 is 11.9 Å². The Bertz CT molecular complexity index is 319. The summed E-state index contributed by atoms with van der Waals surface area (Å²) in [5.41, 5.74) is -0.450. The minimum atomic E-state index is -4.42. The van der Waals surface area contributed by atoms with Crippen molar-refractivity contribution in [2.45, 2.75) is 26.6 Å². The van der Waals surface area contributed by atoms with Crippen LogP contribution in [0.2, 0.25) is 0 Å². The van der Waals surface area contributed by atoms with E-state index in [2.05, 4.69) is 15.5 Å². The summed E-state index contributed by atoms with van der Waals surface area (Å²) in [6, 6.07) is 2.28. The summed E-state index contributed by atoms with van der Waals surface area (Å²) in [4.78, 5) is 0. The lowest BCUT2D eigenvalue weighted by atomic mass is 10.2. The third kappa shape index (κ3) is 4.14. The number of rotatable bonds is 4. The Morgan fingerprint density at radius 2 is 1.94 bits per heavy atom. The lowest BCUT2D eigenvalue weighted by Gasteiger charge is -2.07. The van der Waals surface area contributed by atoms with E-state index in [4.69, 9.17) is 0 Å². The Morgan fingerprint density at radius 1 is 1.25 bits per heavy atom. The predicted octanol–water partition coefficient (Wildman–Crippen LogP) is 2.24. The average Bonchev–Trinajstić information content (AvgIpc) is 2.16. The molecule has 0 atom stereocenters. The molecule has 1 N–H and O–H groups in total. The second-order valence-corrected chi connectivity index (χ2v) is 3.93. The van der Waals surface area contributed by atoms with Crippen molar-refractivity contribution in [2.75, 3.05) is 6.54 Å². The Labute approximate surface area is 92.1 Å². The molecule has 0 bridgehead atoms. The van der Waals surface area contributed by atoms with Gasteiger partial charge in [0.05, 0.1) is 5.69 Å². The van der Waals surface area contributed by atoms with E-state index in [9.17, 15) is 13.2 Å². The molecule has 0 aromatic carbocycles. The van der Waals surface area contributed by atoms with Crippen molar-refractivity contribution in [3.05, 3.63) is 23.5 Å². The van der Waals surface area contributed by atoms with Gasteiger partial charge in [0.2, 0.25) is 0 Å². The van der Waals surface area contributed by atoms with Crippen molar-refractivity contribution < 1.29 is 13.2 Å². The second-order valence-electron chi connectivity index (χ2n) is 3.93. The van der Waals surface area contributed by atoms with Crippen LogP contribution >= 0.6 is 0 Å². The number of aromatic nitrogens is 2. The molecule has 0 unspecified atom stereocenters. The van der Waals surface area contributed by atoms with Gasteiger partial charge in [-0.05, 0) is 24.6 Å². The van der Waals surface area contributed by atoms with Crippen molar-refractivity contribution in [3.63, 3.8) is 0 Å². The zero-order chi connectivity index (χ0) is 12.2. The molecule has 6 heteroatoms. The van der Waals surface area contributed by atoms with Crippen LogP contribution in [-0.4, -0.2) is 16.7 Å². The smallest absolute Gasteiger partial charge is 0.311 e. The Morgan fingerprint density at radius 3 is 2.38 bits per heavy atom. The molecule has 1 aromatic heterocycles. The van der Waals surface area contributed by atoms with Gasteiger partial charge in [-0.25, -0.2) is 0 Å². The van der Waals surface area contributed by atoms with Crippen LogP contribution in [0.25, 0.3) is 0 Å². The Hall–Kier alpha value is -1.17. The standard InChI is InChI=1S/C10H14F3N3/c1-7(2)5-14-6-8-3-4-9(16-15-8)10(11,12)13/h3-4,7,14H,5-6H2,1-2H3. The summed E-state index contributed by atoms with van der Waals surface area (Å²) < 4.78 is 36.5. The third-order valence-electron chi connectivity index (χ3n) is 1.87. The normalized spacial score (nSPS) is 12.1. The molecule has 16 heavy (non-hydrogen) atoms. The fourth-order valence-electron chi connectivity index (χ4n) is 1.09. The number of hydrogen-bond donors (Lipinski definition) is 1. The van der Waals surface area contributed by atoms with Crippen molar-refractivity contribution in [1.29, 1.82) is 0 Å². The molecule has 1 aromatic rings. The molecule has 0 aliphatic carbocycles. The van der Waals surface area contributed by atoms with Crippen LogP contribution in [0.1, 0.15) is 25.2 Å². The van der Waals surface area contributed by atoms with Crippen LogP contribution in [0.15, 0.2) is 12.1 Å². The zero-order valence-corrected chi connectivity index (χ0v) is 9.17. The highest BCUT2D eigenvalue weighted by Gasteiger charge is 2.32. The summed E-state index contributed by atoms with van der Waals surface area (Å²) in [5.74, 6) is 0.488. The number of alkyl halides is 3. The summed E-state index contributed by atoms with van der Waals surface area (Å²) in [6.07, 6.45) is -4.42. The Kier molecular flexibility index (Phi) is 4.23. The van der Waals surface area contributed by atoms with Gasteiger partial charge in [0.15, 0.2) is 5.69 Å². The third-order valence-corrected chi connectivity index (χ3v) is 1.87. The van der Waals surface area contributed by atoms with Gasteiger partial charge in [0.1, 0.15) is 0 Å². The topological polar surface area (TPSA) is 37.8 Å². The monoisotopic (exact) mass is 233 g/mol. The lowest BCUT2D eigenvalue weighted by molar-refractivity contribution is -0.141. The van der Waals surface area contributed by atoms with Crippen molar-refractivity contribution in [3.8, 4) is 0 Å². The fraction of sp³-hybridized carbons (Fsp3) is 0.600. The van der Waals surface area contributed by atoms with Gasteiger partial charge in [0.25, 0.3) is 0 Å². The molecule has 0 spiro atoms. The summed E-state index contributed by atoms with van der Waals surface area (Å²) in [6.45, 7) is 5.32. The van der Waals surface area contributed by atoms with Crippen LogP contribution < -0.4 is 5.32 Å². The number of hydrogen-bond acceptors (Lipinski definition) is 3. The van der Waals surface area contributed by atoms with Gasteiger partial charge < -0.3 is 5.32 Å². The predicted molar refractivity (Wildman–Crippen MR) is 53.6 cm³/mol. The second kappa shape index (κ2) is 5.25. The molecule has 0 saturated heterocycles. The quantitative estimate of drug-likeness (QED) is 0.866. The zero-order valence-electron chi connectivity index (χ0n) is 9.17. The molecule has 0 fully saturated rings. The van der Waals surface area contributed by atoms with Crippen molar-refractivity contribution >= 4 is 0 Å². The van der Waals surface area contributed by atoms with Gasteiger partial charge in [-0.15, -0.1) is 5.10 Å². The first-order valence-corrected chi connectivity index (χ1v) is 5.00. The molecule has 90 valence electrons. The molecule has 1 rings (SSSR count). The molecule has 1 heterocycles. The maximum Gasteiger partial charge on any atom is 0.435 e. The minimum absolute atomic E-state index is 0.434. The number of nitrogens with one attached hydrogen (secondary N) is 1. The van der Waals surface area contributed by atoms with E-state index in [1.54, 1.807) is 0 Å². The molecular weight excluding hydrogens is 219 g/mol. The maximum absolute atomic E-state index is 12.2. The van der Waals surface area contributed by atoms with Crippen LogP contribution in [0.5, 0.6) is 0 Å². The van der Waals surface area contributed by atoms with E-state index >= 15 is 0 Å². The summed E-state index contributed by atoms with van der Waals surface area (Å²) in [7, 11) is 0. The number of nitrogens with zero attached hydrogens (tertiary/aromatic N) is 2. The van der Waals surface area contributed by atoms with E-state index in [0.29, 0.717) is 18.2 Å². The van der Waals surface area contributed by atoms with Crippen molar-refractivity contribution in [2.24, 2.45) is 5.92 Å². The van der Waals surface area contributed by atoms with Gasteiger partial charge in [0, 0.05) is 6.54 Å². The highest BCUT2D eigenvalue weighted by molar-refractivity contribution is 5.09. The highest BCUT2D eigenvalue weighted by Crippen LogP contribution is 2.26.